The first-order valence-electron chi connectivity index (χ1n) is 6.08. The van der Waals surface area contributed by atoms with Crippen LogP contribution in [0.1, 0.15) is 15.9 Å². The van der Waals surface area contributed by atoms with E-state index in [9.17, 15) is 18.8 Å². The number of ether oxygens (including phenoxy) is 2. The Kier molecular flexibility index (Phi) is 5.83. The molecule has 21 heavy (non-hydrogen) atoms. The van der Waals surface area contributed by atoms with Gasteiger partial charge in [-0.1, -0.05) is 6.07 Å². The smallest absolute Gasteiger partial charge is 0.325 e. The number of aryl methyl sites for hydroxylation is 1. The van der Waals surface area contributed by atoms with E-state index in [1.807, 2.05) is 0 Å². The highest BCUT2D eigenvalue weighted by atomic mass is 19.1. The van der Waals surface area contributed by atoms with Crippen LogP contribution in [0.2, 0.25) is 0 Å². The van der Waals surface area contributed by atoms with Crippen molar-refractivity contribution in [2.45, 2.75) is 6.92 Å². The molecule has 0 aromatic heterocycles. The van der Waals surface area contributed by atoms with Gasteiger partial charge in [0.25, 0.3) is 5.91 Å². The molecular weight excluding hydrogens is 281 g/mol. The van der Waals surface area contributed by atoms with E-state index in [1.54, 1.807) is 6.92 Å². The van der Waals surface area contributed by atoms with Crippen molar-refractivity contribution in [3.05, 3.63) is 35.1 Å². The van der Waals surface area contributed by atoms with E-state index in [0.29, 0.717) is 5.56 Å². The van der Waals surface area contributed by atoms with Gasteiger partial charge in [0.05, 0.1) is 14.2 Å². The fourth-order valence-corrected chi connectivity index (χ4v) is 1.64. The van der Waals surface area contributed by atoms with Crippen molar-refractivity contribution in [1.29, 1.82) is 0 Å². The Morgan fingerprint density at radius 2 is 1.62 bits per heavy atom. The fraction of sp³-hybridized carbons (Fsp3) is 0.357. The molecule has 1 aromatic rings. The summed E-state index contributed by atoms with van der Waals surface area (Å²) in [4.78, 5) is 36.0. The molecule has 0 atom stereocenters. The average Bonchev–Trinajstić information content (AvgIpc) is 2.47. The predicted octanol–water partition coefficient (Wildman–Crippen LogP) is 0.922. The second kappa shape index (κ2) is 7.37. The minimum atomic E-state index is -0.693. The van der Waals surface area contributed by atoms with Crippen LogP contribution in [-0.4, -0.2) is 50.1 Å². The first-order valence-corrected chi connectivity index (χ1v) is 6.08. The molecule has 0 unspecified atom stereocenters. The summed E-state index contributed by atoms with van der Waals surface area (Å²) in [6.45, 7) is 0.766. The Morgan fingerprint density at radius 3 is 2.10 bits per heavy atom. The van der Waals surface area contributed by atoms with Crippen molar-refractivity contribution in [3.63, 3.8) is 0 Å². The molecule has 0 spiro atoms. The standard InChI is InChI=1S/C14H16FNO5/c1-9-4-5-10(15)6-11(9)14(19)16(7-12(17)20-2)8-13(18)21-3/h4-6H,7-8H2,1-3H3. The van der Waals surface area contributed by atoms with E-state index < -0.39 is 36.8 Å². The number of hydrogen-bond donors (Lipinski definition) is 0. The fourth-order valence-electron chi connectivity index (χ4n) is 1.64. The summed E-state index contributed by atoms with van der Waals surface area (Å²) in [5.74, 6) is -2.62. The third-order valence-electron chi connectivity index (χ3n) is 2.81. The zero-order valence-corrected chi connectivity index (χ0v) is 12.0. The van der Waals surface area contributed by atoms with Crippen molar-refractivity contribution in [2.75, 3.05) is 27.3 Å². The van der Waals surface area contributed by atoms with Crippen molar-refractivity contribution in [1.82, 2.24) is 4.90 Å². The van der Waals surface area contributed by atoms with Crippen molar-refractivity contribution < 1.29 is 28.2 Å². The van der Waals surface area contributed by atoms with E-state index in [4.69, 9.17) is 0 Å². The van der Waals surface area contributed by atoms with Gasteiger partial charge in [0.2, 0.25) is 0 Å². The van der Waals surface area contributed by atoms with Gasteiger partial charge in [-0.25, -0.2) is 4.39 Å². The van der Waals surface area contributed by atoms with Crippen LogP contribution in [0.3, 0.4) is 0 Å². The number of amides is 1. The second-order valence-corrected chi connectivity index (χ2v) is 4.27. The molecule has 0 radical (unpaired) electrons. The maximum atomic E-state index is 13.3. The van der Waals surface area contributed by atoms with E-state index in [1.165, 1.54) is 12.1 Å². The Bertz CT molecular complexity index is 540. The number of benzene rings is 1. The summed E-state index contributed by atoms with van der Waals surface area (Å²) >= 11 is 0. The molecule has 0 fully saturated rings. The van der Waals surface area contributed by atoms with Crippen LogP contribution in [0.5, 0.6) is 0 Å². The first-order chi connectivity index (χ1) is 9.88. The van der Waals surface area contributed by atoms with Gasteiger partial charge in [0.15, 0.2) is 0 Å². The van der Waals surface area contributed by atoms with Gasteiger partial charge in [-0.05, 0) is 24.6 Å². The molecule has 0 saturated heterocycles. The Morgan fingerprint density at radius 1 is 1.10 bits per heavy atom. The molecule has 7 heteroatoms. The highest BCUT2D eigenvalue weighted by Gasteiger charge is 2.23. The summed E-state index contributed by atoms with van der Waals surface area (Å²) < 4.78 is 22.2. The van der Waals surface area contributed by atoms with Crippen molar-refractivity contribution in [2.24, 2.45) is 0 Å². The molecule has 1 amide bonds. The average molecular weight is 297 g/mol. The zero-order chi connectivity index (χ0) is 16.0. The molecule has 0 saturated carbocycles. The lowest BCUT2D eigenvalue weighted by Crippen LogP contribution is -2.40. The minimum Gasteiger partial charge on any atom is -0.468 e. The van der Waals surface area contributed by atoms with Gasteiger partial charge in [0, 0.05) is 5.56 Å². The Labute approximate surface area is 121 Å². The summed E-state index contributed by atoms with van der Waals surface area (Å²) in [7, 11) is 2.33. The number of nitrogens with zero attached hydrogens (tertiary/aromatic N) is 1. The molecule has 114 valence electrons. The molecule has 0 aliphatic carbocycles. The first kappa shape index (κ1) is 16.6. The van der Waals surface area contributed by atoms with E-state index >= 15 is 0 Å². The SMILES string of the molecule is COC(=O)CN(CC(=O)OC)C(=O)c1cc(F)ccc1C. The highest BCUT2D eigenvalue weighted by molar-refractivity contribution is 5.98. The third kappa shape index (κ3) is 4.55. The monoisotopic (exact) mass is 297 g/mol. The normalized spacial score (nSPS) is 9.90. The maximum Gasteiger partial charge on any atom is 0.325 e. The van der Waals surface area contributed by atoms with Crippen LogP contribution >= 0.6 is 0 Å². The van der Waals surface area contributed by atoms with E-state index in [2.05, 4.69) is 9.47 Å². The summed E-state index contributed by atoms with van der Waals surface area (Å²) in [5, 5.41) is 0. The largest absolute Gasteiger partial charge is 0.468 e. The number of carbonyl (C=O) groups excluding carboxylic acids is 3. The number of methoxy groups -OCH3 is 2. The van der Waals surface area contributed by atoms with Crippen LogP contribution < -0.4 is 0 Å². The van der Waals surface area contributed by atoms with Crippen LogP contribution in [0, 0.1) is 12.7 Å². The minimum absolute atomic E-state index is 0.0720. The Balaban J connectivity index is 3.05. The van der Waals surface area contributed by atoms with Crippen LogP contribution in [-0.2, 0) is 19.1 Å². The van der Waals surface area contributed by atoms with Gasteiger partial charge in [0.1, 0.15) is 18.9 Å². The Hall–Kier alpha value is -2.44. The van der Waals surface area contributed by atoms with E-state index in [-0.39, 0.29) is 5.56 Å². The number of carbonyl (C=O) groups is 3. The molecule has 1 aromatic carbocycles. The lowest BCUT2D eigenvalue weighted by atomic mass is 10.1. The molecule has 0 N–H and O–H groups in total. The van der Waals surface area contributed by atoms with Crippen molar-refractivity contribution >= 4 is 17.8 Å². The number of rotatable bonds is 5. The predicted molar refractivity (Wildman–Crippen MR) is 71.1 cm³/mol. The molecule has 0 aliphatic heterocycles. The van der Waals surface area contributed by atoms with Gasteiger partial charge >= 0.3 is 11.9 Å². The third-order valence-corrected chi connectivity index (χ3v) is 2.81. The summed E-state index contributed by atoms with van der Waals surface area (Å²) in [6, 6.07) is 3.72. The lowest BCUT2D eigenvalue weighted by Gasteiger charge is -2.21. The van der Waals surface area contributed by atoms with Crippen molar-refractivity contribution in [3.8, 4) is 0 Å². The number of hydrogen-bond acceptors (Lipinski definition) is 5. The second-order valence-electron chi connectivity index (χ2n) is 4.27. The number of halogens is 1. The molecular formula is C14H16FNO5. The lowest BCUT2D eigenvalue weighted by molar-refractivity contribution is -0.144. The highest BCUT2D eigenvalue weighted by Crippen LogP contribution is 2.13. The van der Waals surface area contributed by atoms with Crippen LogP contribution in [0.4, 0.5) is 4.39 Å². The van der Waals surface area contributed by atoms with Gasteiger partial charge in [-0.3, -0.25) is 14.4 Å². The molecule has 1 rings (SSSR count). The topological polar surface area (TPSA) is 72.9 Å². The van der Waals surface area contributed by atoms with Crippen LogP contribution in [0.25, 0.3) is 0 Å². The molecule has 6 nitrogen and oxygen atoms in total. The molecule has 0 aliphatic rings. The quantitative estimate of drug-likeness (QED) is 0.756. The number of esters is 2. The van der Waals surface area contributed by atoms with Crippen LogP contribution in [0.15, 0.2) is 18.2 Å². The zero-order valence-electron chi connectivity index (χ0n) is 12.0. The van der Waals surface area contributed by atoms with E-state index in [0.717, 1.165) is 25.2 Å². The van der Waals surface area contributed by atoms with Gasteiger partial charge in [-0.2, -0.15) is 0 Å². The van der Waals surface area contributed by atoms with Gasteiger partial charge < -0.3 is 14.4 Å². The summed E-state index contributed by atoms with van der Waals surface area (Å²) in [6.07, 6.45) is 0. The molecule has 0 heterocycles. The molecule has 0 bridgehead atoms. The summed E-state index contributed by atoms with van der Waals surface area (Å²) in [5.41, 5.74) is 0.601. The van der Waals surface area contributed by atoms with Gasteiger partial charge in [-0.15, -0.1) is 0 Å². The maximum absolute atomic E-state index is 13.3.